The average Bonchev–Trinajstić information content (AvgIpc) is 2.78. The highest BCUT2D eigenvalue weighted by Crippen LogP contribution is 2.35. The molecule has 2 N–H and O–H groups in total. The van der Waals surface area contributed by atoms with Crippen LogP contribution in [-0.4, -0.2) is 18.6 Å². The van der Waals surface area contributed by atoms with Crippen LogP contribution in [0.5, 0.6) is 0 Å². The zero-order valence-electron chi connectivity index (χ0n) is 7.57. The first-order valence-electron chi connectivity index (χ1n) is 3.96. The number of thiophene rings is 1. The predicted octanol–water partition coefficient (Wildman–Crippen LogP) is 2.69. The van der Waals surface area contributed by atoms with E-state index in [1.54, 1.807) is 0 Å². The Morgan fingerprint density at radius 2 is 2.31 bits per heavy atom. The molecule has 16 heavy (non-hydrogen) atoms. The molecule has 0 aromatic carbocycles. The van der Waals surface area contributed by atoms with Gasteiger partial charge in [-0.2, -0.15) is 5.10 Å². The molecule has 0 atom stereocenters. The molecule has 0 saturated carbocycles. The van der Waals surface area contributed by atoms with Gasteiger partial charge < -0.3 is 0 Å². The number of H-pyrrole nitrogens is 1. The highest BCUT2D eigenvalue weighted by atomic mass is 79.9. The molecule has 9 heteroatoms. The van der Waals surface area contributed by atoms with Crippen LogP contribution in [0.4, 0.5) is 5.82 Å². The number of nitrogens with one attached hydrogen (secondary N) is 2. The second-order valence-electron chi connectivity index (χ2n) is 2.76. The van der Waals surface area contributed by atoms with Gasteiger partial charge in [0.15, 0.2) is 0 Å². The monoisotopic (exact) mass is 341 g/mol. The lowest BCUT2D eigenvalue weighted by atomic mass is 10.7. The molecule has 0 aliphatic heterocycles. The van der Waals surface area contributed by atoms with Gasteiger partial charge in [0.25, 0.3) is 10.0 Å². The number of nitrogens with zero attached hydrogens (tertiary/aromatic N) is 1. The quantitative estimate of drug-likeness (QED) is 0.900. The Hall–Kier alpha value is -0.570. The maximum atomic E-state index is 11.8. The number of halogens is 2. The number of sulfonamides is 1. The molecule has 0 aliphatic rings. The van der Waals surface area contributed by atoms with Gasteiger partial charge in [0.1, 0.15) is 10.0 Å². The molecule has 5 nitrogen and oxygen atoms in total. The smallest absolute Gasteiger partial charge is 0.263 e. The number of aromatic amines is 1. The van der Waals surface area contributed by atoms with Crippen molar-refractivity contribution in [3.63, 3.8) is 0 Å². The Balaban J connectivity index is 2.32. The Morgan fingerprint density at radius 1 is 1.56 bits per heavy atom. The molecule has 2 aromatic rings. The van der Waals surface area contributed by atoms with Gasteiger partial charge in [0, 0.05) is 6.07 Å². The van der Waals surface area contributed by atoms with E-state index in [0.717, 1.165) is 11.3 Å². The van der Waals surface area contributed by atoms with Crippen molar-refractivity contribution >= 4 is 54.7 Å². The van der Waals surface area contributed by atoms with Crippen molar-refractivity contribution in [3.8, 4) is 0 Å². The average molecular weight is 343 g/mol. The highest BCUT2D eigenvalue weighted by Gasteiger charge is 2.19. The molecule has 2 heterocycles. The number of rotatable bonds is 3. The van der Waals surface area contributed by atoms with E-state index in [1.807, 2.05) is 0 Å². The van der Waals surface area contributed by atoms with Crippen LogP contribution in [0.25, 0.3) is 0 Å². The summed E-state index contributed by atoms with van der Waals surface area (Å²) < 4.78 is 26.7. The summed E-state index contributed by atoms with van der Waals surface area (Å²) in [5.41, 5.74) is 0. The second-order valence-corrected chi connectivity index (χ2v) is 7.45. The van der Waals surface area contributed by atoms with Crippen LogP contribution < -0.4 is 4.72 Å². The van der Waals surface area contributed by atoms with Gasteiger partial charge in [-0.05, 0) is 22.0 Å². The summed E-state index contributed by atoms with van der Waals surface area (Å²) in [6.07, 6.45) is 1.45. The van der Waals surface area contributed by atoms with Gasteiger partial charge in [-0.1, -0.05) is 11.6 Å². The minimum absolute atomic E-state index is 0.138. The van der Waals surface area contributed by atoms with Gasteiger partial charge in [0.05, 0.1) is 15.0 Å². The Bertz CT molecular complexity index is 574. The number of aromatic nitrogens is 2. The summed E-state index contributed by atoms with van der Waals surface area (Å²) in [5.74, 6) is 0.306. The van der Waals surface area contributed by atoms with E-state index in [-0.39, 0.29) is 4.21 Å². The molecule has 0 spiro atoms. The van der Waals surface area contributed by atoms with E-state index >= 15 is 0 Å². The van der Waals surface area contributed by atoms with E-state index in [1.165, 1.54) is 18.3 Å². The predicted molar refractivity (Wildman–Crippen MR) is 66.4 cm³/mol. The maximum absolute atomic E-state index is 11.8. The fourth-order valence-electron chi connectivity index (χ4n) is 0.967. The third-order valence-corrected chi connectivity index (χ3v) is 5.95. The molecule has 0 fully saturated rings. The lowest BCUT2D eigenvalue weighted by molar-refractivity contribution is 0.603. The molecule has 2 rings (SSSR count). The Kier molecular flexibility index (Phi) is 3.24. The number of hydrogen-bond donors (Lipinski definition) is 2. The van der Waals surface area contributed by atoms with Crippen molar-refractivity contribution in [2.75, 3.05) is 4.72 Å². The van der Waals surface area contributed by atoms with Gasteiger partial charge in [-0.15, -0.1) is 11.3 Å². The second kappa shape index (κ2) is 4.36. The Labute approximate surface area is 109 Å². The van der Waals surface area contributed by atoms with Crippen LogP contribution in [0.2, 0.25) is 5.02 Å². The zero-order valence-corrected chi connectivity index (χ0v) is 11.5. The van der Waals surface area contributed by atoms with Crippen molar-refractivity contribution in [1.82, 2.24) is 10.2 Å². The standard InChI is InChI=1S/C7H5BrClN3O2S2/c8-7-4(9)3-6(15-7)16(13,14)12-5-1-2-10-11-5/h1-3H,(H2,10,11,12). The third-order valence-electron chi connectivity index (χ3n) is 1.63. The van der Waals surface area contributed by atoms with E-state index in [4.69, 9.17) is 11.6 Å². The molecule has 0 amide bonds. The van der Waals surface area contributed by atoms with Crippen LogP contribution in [-0.2, 0) is 10.0 Å². The van der Waals surface area contributed by atoms with Crippen LogP contribution in [0.1, 0.15) is 0 Å². The van der Waals surface area contributed by atoms with Crippen molar-refractivity contribution < 1.29 is 8.42 Å². The van der Waals surface area contributed by atoms with Crippen LogP contribution in [0.15, 0.2) is 26.3 Å². The minimum atomic E-state index is -3.60. The first-order valence-corrected chi connectivity index (χ1v) is 7.43. The molecule has 0 saturated heterocycles. The first-order chi connectivity index (χ1) is 7.49. The van der Waals surface area contributed by atoms with E-state index in [9.17, 15) is 8.42 Å². The molecule has 0 radical (unpaired) electrons. The normalized spacial score (nSPS) is 11.6. The lowest BCUT2D eigenvalue weighted by Crippen LogP contribution is -2.11. The number of anilines is 1. The SMILES string of the molecule is O=S(=O)(Nc1ccn[nH]1)c1cc(Cl)c(Br)s1. The summed E-state index contributed by atoms with van der Waals surface area (Å²) >= 11 is 9.97. The topological polar surface area (TPSA) is 74.8 Å². The molecule has 86 valence electrons. The van der Waals surface area contributed by atoms with Crippen LogP contribution in [0, 0.1) is 0 Å². The largest absolute Gasteiger partial charge is 0.272 e. The first kappa shape index (κ1) is 11.9. The van der Waals surface area contributed by atoms with Gasteiger partial charge in [0.2, 0.25) is 0 Å². The van der Waals surface area contributed by atoms with Crippen LogP contribution in [0.3, 0.4) is 0 Å². The molecule has 0 aliphatic carbocycles. The Morgan fingerprint density at radius 3 is 2.81 bits per heavy atom. The van der Waals surface area contributed by atoms with E-state index in [2.05, 4.69) is 30.8 Å². The lowest BCUT2D eigenvalue weighted by Gasteiger charge is -2.01. The minimum Gasteiger partial charge on any atom is -0.263 e. The van der Waals surface area contributed by atoms with Crippen molar-refractivity contribution in [2.45, 2.75) is 4.21 Å². The van der Waals surface area contributed by atoms with Gasteiger partial charge in [-0.3, -0.25) is 9.82 Å². The zero-order chi connectivity index (χ0) is 11.8. The summed E-state index contributed by atoms with van der Waals surface area (Å²) in [5, 5.41) is 6.51. The van der Waals surface area contributed by atoms with Crippen molar-refractivity contribution in [3.05, 3.63) is 27.1 Å². The fourth-order valence-corrected chi connectivity index (χ4v) is 4.38. The van der Waals surface area contributed by atoms with Crippen molar-refractivity contribution in [1.29, 1.82) is 0 Å². The number of hydrogen-bond acceptors (Lipinski definition) is 4. The summed E-state index contributed by atoms with van der Waals surface area (Å²) in [6, 6.07) is 2.90. The van der Waals surface area contributed by atoms with E-state index < -0.39 is 10.0 Å². The fraction of sp³-hybridized carbons (Fsp3) is 0. The molecular weight excluding hydrogens is 338 g/mol. The highest BCUT2D eigenvalue weighted by molar-refractivity contribution is 9.11. The molecule has 2 aromatic heterocycles. The summed E-state index contributed by atoms with van der Waals surface area (Å²) in [4.78, 5) is 0. The summed E-state index contributed by atoms with van der Waals surface area (Å²) in [7, 11) is -3.60. The molecule has 0 bridgehead atoms. The molecule has 0 unspecified atom stereocenters. The van der Waals surface area contributed by atoms with Gasteiger partial charge >= 0.3 is 0 Å². The third kappa shape index (κ3) is 2.40. The maximum Gasteiger partial charge on any atom is 0.272 e. The van der Waals surface area contributed by atoms with Gasteiger partial charge in [-0.25, -0.2) is 8.42 Å². The summed E-state index contributed by atoms with van der Waals surface area (Å²) in [6.45, 7) is 0. The van der Waals surface area contributed by atoms with E-state index in [0.29, 0.717) is 14.6 Å². The van der Waals surface area contributed by atoms with Crippen molar-refractivity contribution in [2.24, 2.45) is 0 Å². The van der Waals surface area contributed by atoms with Crippen LogP contribution >= 0.6 is 38.9 Å². The molecular formula is C7H5BrClN3O2S2.